The van der Waals surface area contributed by atoms with Crippen LogP contribution < -0.4 is 10.6 Å². The van der Waals surface area contributed by atoms with Crippen molar-refractivity contribution in [2.45, 2.75) is 52.0 Å². The van der Waals surface area contributed by atoms with Crippen LogP contribution >= 0.6 is 11.3 Å². The van der Waals surface area contributed by atoms with Crippen LogP contribution in [0.2, 0.25) is 0 Å². The third kappa shape index (κ3) is 4.42. The van der Waals surface area contributed by atoms with Crippen molar-refractivity contribution in [3.05, 3.63) is 34.0 Å². The molecule has 1 saturated heterocycles. The van der Waals surface area contributed by atoms with Gasteiger partial charge in [0.25, 0.3) is 0 Å². The van der Waals surface area contributed by atoms with Crippen molar-refractivity contribution in [2.24, 2.45) is 29.1 Å². The molecular weight excluding hydrogens is 434 g/mol. The van der Waals surface area contributed by atoms with Crippen LogP contribution in [-0.2, 0) is 16.1 Å². The average Bonchev–Trinajstić information content (AvgIpc) is 3.16. The topological polar surface area (TPSA) is 78.5 Å². The van der Waals surface area contributed by atoms with Gasteiger partial charge < -0.3 is 15.5 Å². The SMILES string of the molecule is CC(=O)c1ccc(CNC(=O)[C@H]2[C@H](C(=O)NCCCCN3CCCC3)[C@H]3C=C[C@@H]2C32CC2)s1. The number of hydrogen-bond donors (Lipinski definition) is 2. The molecule has 6 nitrogen and oxygen atoms in total. The minimum absolute atomic E-state index is 0.0231. The zero-order valence-electron chi connectivity index (χ0n) is 19.5. The van der Waals surface area contributed by atoms with Crippen molar-refractivity contribution < 1.29 is 14.4 Å². The molecule has 4 aliphatic rings. The Hall–Kier alpha value is -1.99. The molecule has 1 aromatic heterocycles. The Labute approximate surface area is 200 Å². The number of unbranched alkanes of at least 4 members (excludes halogenated alkanes) is 1. The van der Waals surface area contributed by atoms with E-state index >= 15 is 0 Å². The maximum absolute atomic E-state index is 13.3. The van der Waals surface area contributed by atoms with Crippen LogP contribution in [0.1, 0.15) is 60.0 Å². The lowest BCUT2D eigenvalue weighted by atomic mass is 9.81. The number of allylic oxidation sites excluding steroid dienone is 2. The third-order valence-corrected chi connectivity index (χ3v) is 9.48. The van der Waals surface area contributed by atoms with E-state index in [2.05, 4.69) is 27.7 Å². The highest BCUT2D eigenvalue weighted by Crippen LogP contribution is 2.72. The van der Waals surface area contributed by atoms with Crippen LogP contribution in [0.5, 0.6) is 0 Å². The fourth-order valence-electron chi connectivity index (χ4n) is 6.46. The quantitative estimate of drug-likeness (QED) is 0.313. The van der Waals surface area contributed by atoms with E-state index in [-0.39, 0.29) is 46.7 Å². The van der Waals surface area contributed by atoms with Crippen molar-refractivity contribution in [3.8, 4) is 0 Å². The first-order chi connectivity index (χ1) is 16.0. The Morgan fingerprint density at radius 3 is 2.27 bits per heavy atom. The first-order valence-corrected chi connectivity index (χ1v) is 13.4. The van der Waals surface area contributed by atoms with Gasteiger partial charge in [-0.1, -0.05) is 12.2 Å². The Balaban J connectivity index is 1.17. The van der Waals surface area contributed by atoms with Crippen LogP contribution in [0.15, 0.2) is 24.3 Å². The lowest BCUT2D eigenvalue weighted by molar-refractivity contribution is -0.135. The van der Waals surface area contributed by atoms with E-state index in [9.17, 15) is 14.4 Å². The van der Waals surface area contributed by atoms with E-state index in [4.69, 9.17) is 0 Å². The van der Waals surface area contributed by atoms with Crippen molar-refractivity contribution in [1.82, 2.24) is 15.5 Å². The molecule has 0 unspecified atom stereocenters. The van der Waals surface area contributed by atoms with Crippen LogP contribution in [0.3, 0.4) is 0 Å². The molecule has 0 aromatic carbocycles. The molecule has 2 amide bonds. The zero-order valence-corrected chi connectivity index (χ0v) is 20.3. The molecule has 0 radical (unpaired) electrons. The second-order valence-corrected chi connectivity index (χ2v) is 11.5. The van der Waals surface area contributed by atoms with Crippen LogP contribution in [0, 0.1) is 29.1 Å². The van der Waals surface area contributed by atoms with Gasteiger partial charge in [-0.3, -0.25) is 14.4 Å². The lowest BCUT2D eigenvalue weighted by Gasteiger charge is -2.26. The zero-order chi connectivity index (χ0) is 23.0. The molecule has 2 bridgehead atoms. The van der Waals surface area contributed by atoms with E-state index in [1.807, 2.05) is 12.1 Å². The summed E-state index contributed by atoms with van der Waals surface area (Å²) in [5, 5.41) is 6.24. The first kappa shape index (κ1) is 22.8. The molecule has 1 aliphatic heterocycles. The van der Waals surface area contributed by atoms with Gasteiger partial charge in [0.2, 0.25) is 11.8 Å². The lowest BCUT2D eigenvalue weighted by Crippen LogP contribution is -2.44. The Morgan fingerprint density at radius 2 is 1.67 bits per heavy atom. The minimum Gasteiger partial charge on any atom is -0.356 e. The molecule has 3 aliphatic carbocycles. The van der Waals surface area contributed by atoms with Gasteiger partial charge in [0.1, 0.15) is 0 Å². The number of Topliss-reactive ketones (excluding diaryl/α,β-unsaturated/α-hetero) is 1. The summed E-state index contributed by atoms with van der Waals surface area (Å²) in [4.78, 5) is 42.3. The Morgan fingerprint density at radius 1 is 1.00 bits per heavy atom. The Bertz CT molecular complexity index is 944. The largest absolute Gasteiger partial charge is 0.356 e. The molecule has 33 heavy (non-hydrogen) atoms. The van der Waals surface area contributed by atoms with Gasteiger partial charge in [-0.05, 0) is 94.5 Å². The monoisotopic (exact) mass is 469 g/mol. The van der Waals surface area contributed by atoms with Crippen LogP contribution in [0.4, 0.5) is 0 Å². The van der Waals surface area contributed by atoms with Gasteiger partial charge in [0, 0.05) is 11.4 Å². The number of carbonyl (C=O) groups excluding carboxylic acids is 3. The predicted octanol–water partition coefficient (Wildman–Crippen LogP) is 3.39. The summed E-state index contributed by atoms with van der Waals surface area (Å²) in [6.45, 7) is 6.20. The van der Waals surface area contributed by atoms with Crippen LogP contribution in [-0.4, -0.2) is 48.7 Å². The van der Waals surface area contributed by atoms with Crippen molar-refractivity contribution in [3.63, 3.8) is 0 Å². The van der Waals surface area contributed by atoms with Gasteiger partial charge in [0.15, 0.2) is 5.78 Å². The smallest absolute Gasteiger partial charge is 0.224 e. The van der Waals surface area contributed by atoms with Gasteiger partial charge in [-0.2, -0.15) is 0 Å². The van der Waals surface area contributed by atoms with E-state index < -0.39 is 0 Å². The highest BCUT2D eigenvalue weighted by molar-refractivity contribution is 7.14. The van der Waals surface area contributed by atoms with Gasteiger partial charge >= 0.3 is 0 Å². The molecule has 1 aromatic rings. The maximum Gasteiger partial charge on any atom is 0.224 e. The molecule has 178 valence electrons. The van der Waals surface area contributed by atoms with Crippen LogP contribution in [0.25, 0.3) is 0 Å². The Kier molecular flexibility index (Phi) is 6.45. The molecule has 4 atom stereocenters. The second-order valence-electron chi connectivity index (χ2n) is 10.3. The summed E-state index contributed by atoms with van der Waals surface area (Å²) < 4.78 is 0. The van der Waals surface area contributed by atoms with Gasteiger partial charge in [0.05, 0.1) is 23.3 Å². The highest BCUT2D eigenvalue weighted by Gasteiger charge is 2.69. The second kappa shape index (κ2) is 9.34. The molecule has 2 saturated carbocycles. The fraction of sp³-hybridized carbons (Fsp3) is 0.654. The number of ketones is 1. The standard InChI is InChI=1S/C26H35N3O3S/c1-17(30)21-9-6-18(33-21)16-28-25(32)23-20-8-7-19(26(20)10-11-26)22(23)24(31)27-12-2-3-13-29-14-4-5-15-29/h6-9,19-20,22-23H,2-5,10-16H2,1H3,(H,27,31)(H,28,32)/t19-,20+,22-,23-/m1/s1. The van der Waals surface area contributed by atoms with Gasteiger partial charge in [-0.15, -0.1) is 11.3 Å². The summed E-state index contributed by atoms with van der Waals surface area (Å²) in [5.41, 5.74) is 0.143. The summed E-state index contributed by atoms with van der Waals surface area (Å²) in [5.74, 6) is -0.127. The molecule has 2 heterocycles. The van der Waals surface area contributed by atoms with Crippen molar-refractivity contribution >= 4 is 28.9 Å². The number of thiophene rings is 1. The number of nitrogens with one attached hydrogen (secondary N) is 2. The molecular formula is C26H35N3O3S. The van der Waals surface area contributed by atoms with E-state index in [0.29, 0.717) is 18.0 Å². The average molecular weight is 470 g/mol. The summed E-state index contributed by atoms with van der Waals surface area (Å²) in [6.07, 6.45) is 11.3. The maximum atomic E-state index is 13.3. The third-order valence-electron chi connectivity index (χ3n) is 8.29. The molecule has 2 N–H and O–H groups in total. The molecule has 3 fully saturated rings. The number of nitrogens with zero attached hydrogens (tertiary/aromatic N) is 1. The number of amides is 2. The van der Waals surface area contributed by atoms with Gasteiger partial charge in [-0.25, -0.2) is 0 Å². The van der Waals surface area contributed by atoms with Crippen molar-refractivity contribution in [2.75, 3.05) is 26.2 Å². The normalized spacial score (nSPS) is 29.0. The molecule has 1 spiro atoms. The van der Waals surface area contributed by atoms with Crippen molar-refractivity contribution in [1.29, 1.82) is 0 Å². The highest BCUT2D eigenvalue weighted by atomic mass is 32.1. The minimum atomic E-state index is -0.292. The van der Waals surface area contributed by atoms with E-state index in [1.54, 1.807) is 6.92 Å². The fourth-order valence-corrected chi connectivity index (χ4v) is 7.30. The molecule has 7 heteroatoms. The van der Waals surface area contributed by atoms with E-state index in [0.717, 1.165) is 37.1 Å². The van der Waals surface area contributed by atoms with E-state index in [1.165, 1.54) is 37.3 Å². The summed E-state index contributed by atoms with van der Waals surface area (Å²) in [6, 6.07) is 3.71. The number of rotatable bonds is 10. The number of carbonyl (C=O) groups is 3. The first-order valence-electron chi connectivity index (χ1n) is 12.6. The number of likely N-dealkylation sites (tertiary alicyclic amines) is 1. The molecule has 5 rings (SSSR count). The summed E-state index contributed by atoms with van der Waals surface area (Å²) >= 11 is 1.42. The number of hydrogen-bond acceptors (Lipinski definition) is 5. The summed E-state index contributed by atoms with van der Waals surface area (Å²) in [7, 11) is 0. The predicted molar refractivity (Wildman–Crippen MR) is 129 cm³/mol.